The fraction of sp³-hybridized carbons (Fsp3) is 0.450. The number of aliphatic hydroxyl groups excluding tert-OH is 1. The van der Waals surface area contributed by atoms with Crippen molar-refractivity contribution < 1.29 is 24.5 Å². The van der Waals surface area contributed by atoms with Crippen LogP contribution in [-0.2, 0) is 22.6 Å². The van der Waals surface area contributed by atoms with Gasteiger partial charge in [0.05, 0.1) is 13.2 Å². The second-order valence-corrected chi connectivity index (χ2v) is 7.13. The summed E-state index contributed by atoms with van der Waals surface area (Å²) < 4.78 is 6.87. The molecular formula is C20H25N3O5. The third kappa shape index (κ3) is 4.17. The highest BCUT2D eigenvalue weighted by molar-refractivity contribution is 5.80. The highest BCUT2D eigenvalue weighted by Crippen LogP contribution is 2.35. The monoisotopic (exact) mass is 387 g/mol. The number of rotatable bonds is 7. The van der Waals surface area contributed by atoms with Gasteiger partial charge in [-0.05, 0) is 36.6 Å². The zero-order chi connectivity index (χ0) is 20.1. The highest BCUT2D eigenvalue weighted by Gasteiger charge is 2.50. The van der Waals surface area contributed by atoms with Crippen LogP contribution in [0.2, 0.25) is 0 Å². The van der Waals surface area contributed by atoms with Crippen LogP contribution in [0.15, 0.2) is 42.7 Å². The Morgan fingerprint density at radius 2 is 2.18 bits per heavy atom. The minimum absolute atomic E-state index is 0.0291. The van der Waals surface area contributed by atoms with Crippen molar-refractivity contribution in [3.8, 4) is 5.75 Å². The molecule has 3 rings (SSSR count). The van der Waals surface area contributed by atoms with Crippen LogP contribution in [0.3, 0.4) is 0 Å². The first-order valence-electron chi connectivity index (χ1n) is 9.24. The van der Waals surface area contributed by atoms with Crippen molar-refractivity contribution in [1.29, 1.82) is 0 Å². The molecule has 0 spiro atoms. The average molecular weight is 387 g/mol. The third-order valence-electron chi connectivity index (χ3n) is 5.33. The van der Waals surface area contributed by atoms with E-state index in [0.29, 0.717) is 18.8 Å². The van der Waals surface area contributed by atoms with E-state index in [4.69, 9.17) is 4.74 Å². The standard InChI is InChI=1S/C20H25N3O5/c1-28-16-5-2-4-15(12-16)13-20(19(26)27)14-22(10-6-17(20)24)18(25)7-11-23-9-3-8-21-23/h2-5,8-9,12,17,24H,6-7,10-11,13-14H2,1H3,(H,26,27)/t17-,20+/m0/s1. The SMILES string of the molecule is COc1cccc(C[C@@]2(C(=O)O)CN(C(=O)CCn3cccn3)CC[C@@H]2O)c1. The van der Waals surface area contributed by atoms with Crippen molar-refractivity contribution in [3.05, 3.63) is 48.3 Å². The van der Waals surface area contributed by atoms with E-state index >= 15 is 0 Å². The Kier molecular flexibility index (Phi) is 5.99. The molecular weight excluding hydrogens is 362 g/mol. The van der Waals surface area contributed by atoms with Gasteiger partial charge in [-0.2, -0.15) is 5.10 Å². The number of nitrogens with zero attached hydrogens (tertiary/aromatic N) is 3. The van der Waals surface area contributed by atoms with E-state index in [9.17, 15) is 19.8 Å². The molecule has 28 heavy (non-hydrogen) atoms. The summed E-state index contributed by atoms with van der Waals surface area (Å²) in [6.07, 6.45) is 2.95. The fourth-order valence-electron chi connectivity index (χ4n) is 3.70. The van der Waals surface area contributed by atoms with Gasteiger partial charge in [-0.25, -0.2) is 0 Å². The van der Waals surface area contributed by atoms with Crippen molar-refractivity contribution in [2.24, 2.45) is 5.41 Å². The van der Waals surface area contributed by atoms with Crippen LogP contribution in [-0.4, -0.2) is 63.1 Å². The molecule has 1 aliphatic rings. The number of carbonyl (C=O) groups excluding carboxylic acids is 1. The zero-order valence-corrected chi connectivity index (χ0v) is 15.8. The Labute approximate surface area is 163 Å². The second kappa shape index (κ2) is 8.43. The lowest BCUT2D eigenvalue weighted by molar-refractivity contribution is -0.165. The van der Waals surface area contributed by atoms with Gasteiger partial charge in [0.1, 0.15) is 11.2 Å². The number of piperidine rings is 1. The minimum Gasteiger partial charge on any atom is -0.497 e. The van der Waals surface area contributed by atoms with Crippen molar-refractivity contribution in [2.75, 3.05) is 20.2 Å². The molecule has 1 fully saturated rings. The molecule has 1 aliphatic heterocycles. The summed E-state index contributed by atoms with van der Waals surface area (Å²) in [5.74, 6) is -0.624. The quantitative estimate of drug-likeness (QED) is 0.739. The van der Waals surface area contributed by atoms with Gasteiger partial charge in [-0.15, -0.1) is 0 Å². The molecule has 0 aliphatic carbocycles. The largest absolute Gasteiger partial charge is 0.497 e. The van der Waals surface area contributed by atoms with E-state index in [-0.39, 0.29) is 31.7 Å². The molecule has 1 saturated heterocycles. The van der Waals surface area contributed by atoms with Gasteiger partial charge in [0.25, 0.3) is 0 Å². The molecule has 0 bridgehead atoms. The normalized spacial score (nSPS) is 22.1. The summed E-state index contributed by atoms with van der Waals surface area (Å²) >= 11 is 0. The number of likely N-dealkylation sites (tertiary alicyclic amines) is 1. The summed E-state index contributed by atoms with van der Waals surface area (Å²) in [6, 6.07) is 8.91. The summed E-state index contributed by atoms with van der Waals surface area (Å²) in [6.45, 7) is 0.742. The van der Waals surface area contributed by atoms with Gasteiger partial charge < -0.3 is 19.8 Å². The number of methoxy groups -OCH3 is 1. The number of carboxylic acid groups (broad SMARTS) is 1. The average Bonchev–Trinajstić information content (AvgIpc) is 3.21. The first kappa shape index (κ1) is 19.9. The van der Waals surface area contributed by atoms with Gasteiger partial charge in [-0.1, -0.05) is 12.1 Å². The zero-order valence-electron chi connectivity index (χ0n) is 15.8. The predicted octanol–water partition coefficient (Wildman–Crippen LogP) is 1.19. The van der Waals surface area contributed by atoms with Gasteiger partial charge in [-0.3, -0.25) is 14.3 Å². The molecule has 0 unspecified atom stereocenters. The minimum atomic E-state index is -1.45. The molecule has 2 aromatic rings. The Bertz CT molecular complexity index is 823. The van der Waals surface area contributed by atoms with E-state index in [1.165, 1.54) is 0 Å². The topological polar surface area (TPSA) is 105 Å². The molecule has 1 aromatic carbocycles. The Morgan fingerprint density at radius 3 is 2.86 bits per heavy atom. The number of carbonyl (C=O) groups is 2. The van der Waals surface area contributed by atoms with Crippen molar-refractivity contribution in [2.45, 2.75) is 31.9 Å². The van der Waals surface area contributed by atoms with Gasteiger partial charge in [0.2, 0.25) is 5.91 Å². The van der Waals surface area contributed by atoms with E-state index in [0.717, 1.165) is 5.56 Å². The number of hydrogen-bond donors (Lipinski definition) is 2. The number of carboxylic acids is 1. The number of hydrogen-bond acceptors (Lipinski definition) is 5. The maximum Gasteiger partial charge on any atom is 0.314 e. The molecule has 8 nitrogen and oxygen atoms in total. The second-order valence-electron chi connectivity index (χ2n) is 7.13. The number of aliphatic hydroxyl groups is 1. The van der Waals surface area contributed by atoms with E-state index < -0.39 is 17.5 Å². The molecule has 8 heteroatoms. The van der Waals surface area contributed by atoms with E-state index in [1.54, 1.807) is 59.4 Å². The van der Waals surface area contributed by atoms with Crippen LogP contribution in [0.25, 0.3) is 0 Å². The fourth-order valence-corrected chi connectivity index (χ4v) is 3.70. The Morgan fingerprint density at radius 1 is 1.36 bits per heavy atom. The summed E-state index contributed by atoms with van der Waals surface area (Å²) in [4.78, 5) is 26.4. The number of aryl methyl sites for hydroxylation is 1. The molecule has 0 saturated carbocycles. The first-order valence-corrected chi connectivity index (χ1v) is 9.24. The molecule has 150 valence electrons. The van der Waals surface area contributed by atoms with Gasteiger partial charge in [0.15, 0.2) is 0 Å². The number of aliphatic carboxylic acids is 1. The molecule has 2 atom stereocenters. The van der Waals surface area contributed by atoms with Crippen molar-refractivity contribution >= 4 is 11.9 Å². The maximum absolute atomic E-state index is 12.7. The van der Waals surface area contributed by atoms with Crippen LogP contribution in [0.4, 0.5) is 0 Å². The molecule has 2 heterocycles. The molecule has 1 aromatic heterocycles. The van der Waals surface area contributed by atoms with Crippen molar-refractivity contribution in [3.63, 3.8) is 0 Å². The van der Waals surface area contributed by atoms with Crippen LogP contribution in [0, 0.1) is 5.41 Å². The van der Waals surface area contributed by atoms with E-state index in [2.05, 4.69) is 5.10 Å². The summed E-state index contributed by atoms with van der Waals surface area (Å²) in [5, 5.41) is 24.7. The van der Waals surface area contributed by atoms with Crippen LogP contribution < -0.4 is 4.74 Å². The van der Waals surface area contributed by atoms with Crippen LogP contribution >= 0.6 is 0 Å². The molecule has 1 amide bonds. The number of ether oxygens (including phenoxy) is 1. The lowest BCUT2D eigenvalue weighted by Gasteiger charge is -2.43. The van der Waals surface area contributed by atoms with Gasteiger partial charge >= 0.3 is 5.97 Å². The highest BCUT2D eigenvalue weighted by atomic mass is 16.5. The number of amides is 1. The smallest absolute Gasteiger partial charge is 0.314 e. The Balaban J connectivity index is 1.76. The summed E-state index contributed by atoms with van der Waals surface area (Å²) in [5.41, 5.74) is -0.710. The van der Waals surface area contributed by atoms with Crippen LogP contribution in [0.1, 0.15) is 18.4 Å². The summed E-state index contributed by atoms with van der Waals surface area (Å²) in [7, 11) is 1.54. The molecule has 2 N–H and O–H groups in total. The Hall–Kier alpha value is -2.87. The van der Waals surface area contributed by atoms with Gasteiger partial charge in [0, 0.05) is 38.4 Å². The predicted molar refractivity (Wildman–Crippen MR) is 101 cm³/mol. The number of benzene rings is 1. The molecule has 0 radical (unpaired) electrons. The third-order valence-corrected chi connectivity index (χ3v) is 5.33. The van der Waals surface area contributed by atoms with Crippen LogP contribution in [0.5, 0.6) is 5.75 Å². The van der Waals surface area contributed by atoms with Crippen molar-refractivity contribution in [1.82, 2.24) is 14.7 Å². The van der Waals surface area contributed by atoms with E-state index in [1.807, 2.05) is 0 Å². The lowest BCUT2D eigenvalue weighted by Crippen LogP contribution is -2.58. The maximum atomic E-state index is 12.7. The lowest BCUT2D eigenvalue weighted by atomic mass is 9.72. The number of aromatic nitrogens is 2. The first-order chi connectivity index (χ1) is 13.4.